The van der Waals surface area contributed by atoms with Gasteiger partial charge < -0.3 is 25.0 Å². The van der Waals surface area contributed by atoms with Crippen LogP contribution in [0.1, 0.15) is 34.5 Å². The lowest BCUT2D eigenvalue weighted by molar-refractivity contribution is -0.148. The number of fused-ring (bicyclic) bond motifs is 1. The number of aromatic nitrogens is 2. The summed E-state index contributed by atoms with van der Waals surface area (Å²) < 4.78 is 2.10. The Morgan fingerprint density at radius 2 is 1.63 bits per heavy atom. The van der Waals surface area contributed by atoms with Crippen LogP contribution in [0.2, 0.25) is 0 Å². The molecule has 1 unspecified atom stereocenters. The molecule has 0 aliphatic carbocycles. The summed E-state index contributed by atoms with van der Waals surface area (Å²) in [5, 5.41) is 0. The number of nitrogens with zero attached hydrogens (tertiary/aromatic N) is 5. The maximum atomic E-state index is 13.7. The molecule has 0 spiro atoms. The van der Waals surface area contributed by atoms with Crippen LogP contribution in [0.25, 0.3) is 0 Å². The summed E-state index contributed by atoms with van der Waals surface area (Å²) in [5.41, 5.74) is 10.7. The second-order valence-electron chi connectivity index (χ2n) is 10.1. The van der Waals surface area contributed by atoms with Crippen LogP contribution in [0.3, 0.4) is 0 Å². The van der Waals surface area contributed by atoms with Gasteiger partial charge in [0.25, 0.3) is 0 Å². The van der Waals surface area contributed by atoms with Crippen LogP contribution >= 0.6 is 0 Å². The highest BCUT2D eigenvalue weighted by Crippen LogP contribution is 2.26. The highest BCUT2D eigenvalue weighted by molar-refractivity contribution is 5.88. The Bertz CT molecular complexity index is 1310. The maximum Gasteiger partial charge on any atom is 0.314 e. The molecule has 3 heterocycles. The first-order valence-corrected chi connectivity index (χ1v) is 13.1. The predicted octanol–water partition coefficient (Wildman–Crippen LogP) is 2.35. The van der Waals surface area contributed by atoms with Crippen LogP contribution in [0.4, 0.5) is 4.79 Å². The number of rotatable bonds is 6. The highest BCUT2D eigenvalue weighted by atomic mass is 16.2. The first kappa shape index (κ1) is 25.5. The topological polar surface area (TPSA) is 105 Å². The van der Waals surface area contributed by atoms with Gasteiger partial charge in [-0.25, -0.2) is 9.78 Å². The maximum absolute atomic E-state index is 13.7. The number of piperazine rings is 1. The summed E-state index contributed by atoms with van der Waals surface area (Å²) in [6.45, 7) is 4.68. The van der Waals surface area contributed by atoms with Crippen molar-refractivity contribution in [3.63, 3.8) is 0 Å². The molecule has 2 aliphatic rings. The number of urea groups is 1. The van der Waals surface area contributed by atoms with Gasteiger partial charge >= 0.3 is 6.03 Å². The molecule has 5 rings (SSSR count). The lowest BCUT2D eigenvalue weighted by atomic mass is 9.99. The van der Waals surface area contributed by atoms with E-state index in [1.807, 2.05) is 48.8 Å². The van der Waals surface area contributed by atoms with Crippen molar-refractivity contribution in [1.82, 2.24) is 24.3 Å². The van der Waals surface area contributed by atoms with E-state index in [2.05, 4.69) is 28.6 Å². The van der Waals surface area contributed by atoms with Crippen molar-refractivity contribution >= 4 is 17.8 Å². The minimum atomic E-state index is -0.618. The number of hydrogen-bond donors (Lipinski definition) is 1. The number of carbonyl (C=O) groups is 3. The number of primary amides is 1. The van der Waals surface area contributed by atoms with E-state index < -0.39 is 12.1 Å². The van der Waals surface area contributed by atoms with Crippen molar-refractivity contribution in [2.75, 3.05) is 26.2 Å². The van der Waals surface area contributed by atoms with E-state index in [0.29, 0.717) is 58.5 Å². The van der Waals surface area contributed by atoms with Crippen LogP contribution < -0.4 is 5.73 Å². The average molecular weight is 515 g/mol. The third-order valence-corrected chi connectivity index (χ3v) is 7.70. The molecule has 1 aromatic heterocycles. The van der Waals surface area contributed by atoms with Gasteiger partial charge in [-0.3, -0.25) is 9.59 Å². The molecule has 2 aromatic carbocycles. The molecule has 4 amide bonds. The summed E-state index contributed by atoms with van der Waals surface area (Å²) in [6, 6.07) is 17.1. The lowest BCUT2D eigenvalue weighted by Gasteiger charge is -2.40. The van der Waals surface area contributed by atoms with Crippen molar-refractivity contribution in [3.05, 3.63) is 89.0 Å². The number of benzene rings is 2. The molecule has 9 heteroatoms. The Balaban J connectivity index is 1.38. The molecule has 1 atom stereocenters. The molecule has 0 saturated carbocycles. The SMILES string of the molecule is Cc1ccccc1Cn1cnc2c1CN(C(=O)CCc1ccccc1)C(C(=O)N1CCN(C(N)=O)CC1)C2. The van der Waals surface area contributed by atoms with Crippen LogP contribution in [-0.4, -0.2) is 74.3 Å². The smallest absolute Gasteiger partial charge is 0.314 e. The molecule has 0 radical (unpaired) electrons. The quantitative estimate of drug-likeness (QED) is 0.545. The summed E-state index contributed by atoms with van der Waals surface area (Å²) >= 11 is 0. The normalized spacial score (nSPS) is 17.3. The van der Waals surface area contributed by atoms with Gasteiger partial charge in [0, 0.05) is 45.6 Å². The summed E-state index contributed by atoms with van der Waals surface area (Å²) in [7, 11) is 0. The molecular formula is C29H34N6O3. The second-order valence-corrected chi connectivity index (χ2v) is 10.1. The van der Waals surface area contributed by atoms with Gasteiger partial charge in [-0.2, -0.15) is 0 Å². The lowest BCUT2D eigenvalue weighted by Crippen LogP contribution is -2.58. The minimum absolute atomic E-state index is 0.0442. The molecule has 1 fully saturated rings. The summed E-state index contributed by atoms with van der Waals surface area (Å²) in [4.78, 5) is 48.6. The van der Waals surface area contributed by atoms with Gasteiger partial charge in [-0.05, 0) is 30.0 Å². The van der Waals surface area contributed by atoms with E-state index in [1.54, 1.807) is 14.7 Å². The average Bonchev–Trinajstić information content (AvgIpc) is 3.34. The molecule has 0 bridgehead atoms. The Morgan fingerprint density at radius 1 is 0.947 bits per heavy atom. The fourth-order valence-corrected chi connectivity index (χ4v) is 5.35. The molecule has 3 aromatic rings. The Morgan fingerprint density at radius 3 is 2.34 bits per heavy atom. The fourth-order valence-electron chi connectivity index (χ4n) is 5.35. The van der Waals surface area contributed by atoms with Crippen molar-refractivity contribution in [2.24, 2.45) is 5.73 Å². The first-order valence-electron chi connectivity index (χ1n) is 13.1. The molecular weight excluding hydrogens is 480 g/mol. The predicted molar refractivity (Wildman–Crippen MR) is 143 cm³/mol. The first-order chi connectivity index (χ1) is 18.4. The van der Waals surface area contributed by atoms with Gasteiger partial charge in [-0.15, -0.1) is 0 Å². The standard InChI is InChI=1S/C29H34N6O3/c1-21-7-5-6-10-23(21)18-34-20-31-24-17-25(28(37)32-13-15-33(16-14-32)29(30)38)35(19-26(24)34)27(36)12-11-22-8-3-2-4-9-22/h2-10,20,25H,11-19H2,1H3,(H2,30,38). The van der Waals surface area contributed by atoms with Gasteiger partial charge in [-0.1, -0.05) is 54.6 Å². The molecule has 38 heavy (non-hydrogen) atoms. The molecule has 1 saturated heterocycles. The highest BCUT2D eigenvalue weighted by Gasteiger charge is 2.39. The van der Waals surface area contributed by atoms with Crippen molar-refractivity contribution in [2.45, 2.75) is 45.3 Å². The van der Waals surface area contributed by atoms with E-state index in [1.165, 1.54) is 11.1 Å². The summed E-state index contributed by atoms with van der Waals surface area (Å²) in [6.07, 6.45) is 3.14. The number of amides is 4. The van der Waals surface area contributed by atoms with Crippen LogP contribution in [0.5, 0.6) is 0 Å². The Kier molecular flexibility index (Phi) is 7.44. The minimum Gasteiger partial charge on any atom is -0.351 e. The summed E-state index contributed by atoms with van der Waals surface area (Å²) in [5.74, 6) is -0.140. The van der Waals surface area contributed by atoms with E-state index in [9.17, 15) is 14.4 Å². The van der Waals surface area contributed by atoms with E-state index >= 15 is 0 Å². The van der Waals surface area contributed by atoms with Crippen molar-refractivity contribution in [3.8, 4) is 0 Å². The largest absolute Gasteiger partial charge is 0.351 e. The number of imidazole rings is 1. The van der Waals surface area contributed by atoms with Gasteiger partial charge in [0.1, 0.15) is 6.04 Å². The Hall–Kier alpha value is -4.14. The van der Waals surface area contributed by atoms with Gasteiger partial charge in [0.15, 0.2) is 0 Å². The second kappa shape index (κ2) is 11.1. The number of nitrogens with two attached hydrogens (primary N) is 1. The van der Waals surface area contributed by atoms with Crippen molar-refractivity contribution in [1.29, 1.82) is 0 Å². The fraction of sp³-hybridized carbons (Fsp3) is 0.379. The van der Waals surface area contributed by atoms with Crippen LogP contribution in [-0.2, 0) is 35.5 Å². The number of hydrogen-bond acceptors (Lipinski definition) is 4. The Labute approximate surface area is 222 Å². The molecule has 198 valence electrons. The van der Waals surface area contributed by atoms with E-state index in [-0.39, 0.29) is 11.8 Å². The zero-order chi connectivity index (χ0) is 26.6. The van der Waals surface area contributed by atoms with Gasteiger partial charge in [0.05, 0.1) is 24.3 Å². The molecule has 2 N–H and O–H groups in total. The van der Waals surface area contributed by atoms with Crippen LogP contribution in [0.15, 0.2) is 60.9 Å². The van der Waals surface area contributed by atoms with E-state index in [4.69, 9.17) is 5.73 Å². The zero-order valence-corrected chi connectivity index (χ0v) is 21.8. The number of carbonyl (C=O) groups excluding carboxylic acids is 3. The third-order valence-electron chi connectivity index (χ3n) is 7.70. The van der Waals surface area contributed by atoms with Gasteiger partial charge in [0.2, 0.25) is 11.8 Å². The van der Waals surface area contributed by atoms with Crippen LogP contribution in [0, 0.1) is 6.92 Å². The molecule has 2 aliphatic heterocycles. The zero-order valence-electron chi connectivity index (χ0n) is 21.8. The number of aryl methyl sites for hydroxylation is 2. The van der Waals surface area contributed by atoms with E-state index in [0.717, 1.165) is 17.0 Å². The molecule has 9 nitrogen and oxygen atoms in total. The monoisotopic (exact) mass is 514 g/mol. The van der Waals surface area contributed by atoms with Crippen molar-refractivity contribution < 1.29 is 14.4 Å². The third kappa shape index (κ3) is 5.41.